The highest BCUT2D eigenvalue weighted by Crippen LogP contribution is 2.41. The van der Waals surface area contributed by atoms with Gasteiger partial charge < -0.3 is 9.32 Å². The third-order valence-electron chi connectivity index (χ3n) is 5.85. The van der Waals surface area contributed by atoms with Gasteiger partial charge in [-0.2, -0.15) is 0 Å². The van der Waals surface area contributed by atoms with Gasteiger partial charge >= 0.3 is 0 Å². The van der Waals surface area contributed by atoms with Gasteiger partial charge in [0.2, 0.25) is 0 Å². The van der Waals surface area contributed by atoms with Gasteiger partial charge in [-0.05, 0) is 42.9 Å². The second-order valence-electron chi connectivity index (χ2n) is 8.35. The molecule has 2 heterocycles. The third kappa shape index (κ3) is 4.12. The maximum absolute atomic E-state index is 13.2. The van der Waals surface area contributed by atoms with Crippen LogP contribution in [0.2, 0.25) is 0 Å². The standard InChI is InChI=1S/C22H28FN3O2/c1-15(2)19-13-26(22(27)20-21(17-6-7-17)28-14-24-20)11-3-10-25(19)12-16-4-8-18(23)9-5-16/h4-5,8-9,14-15,17,19H,3,6-7,10-13H2,1-2H3/t19-/m0/s1. The van der Waals surface area contributed by atoms with Crippen molar-refractivity contribution in [2.24, 2.45) is 5.92 Å². The minimum atomic E-state index is -0.212. The lowest BCUT2D eigenvalue weighted by Crippen LogP contribution is -2.45. The fourth-order valence-corrected chi connectivity index (χ4v) is 4.10. The van der Waals surface area contributed by atoms with Crippen LogP contribution < -0.4 is 0 Å². The zero-order valence-corrected chi connectivity index (χ0v) is 16.6. The third-order valence-corrected chi connectivity index (χ3v) is 5.85. The normalized spacial score (nSPS) is 21.1. The summed E-state index contributed by atoms with van der Waals surface area (Å²) in [5, 5.41) is 0. The second kappa shape index (κ2) is 8.03. The van der Waals surface area contributed by atoms with Crippen LogP contribution in [0.3, 0.4) is 0 Å². The summed E-state index contributed by atoms with van der Waals surface area (Å²) in [5.74, 6) is 1.30. The lowest BCUT2D eigenvalue weighted by molar-refractivity contribution is 0.0695. The van der Waals surface area contributed by atoms with Gasteiger partial charge in [0.15, 0.2) is 12.1 Å². The molecule has 0 N–H and O–H groups in total. The van der Waals surface area contributed by atoms with E-state index in [2.05, 4.69) is 23.7 Å². The summed E-state index contributed by atoms with van der Waals surface area (Å²) in [6, 6.07) is 6.96. The maximum atomic E-state index is 13.2. The number of aromatic nitrogens is 1. The molecule has 1 aliphatic heterocycles. The second-order valence-corrected chi connectivity index (χ2v) is 8.35. The van der Waals surface area contributed by atoms with Crippen LogP contribution in [-0.4, -0.2) is 46.4 Å². The Morgan fingerprint density at radius 2 is 2.00 bits per heavy atom. The van der Waals surface area contributed by atoms with Crippen molar-refractivity contribution in [1.29, 1.82) is 0 Å². The van der Waals surface area contributed by atoms with Gasteiger partial charge in [-0.1, -0.05) is 26.0 Å². The summed E-state index contributed by atoms with van der Waals surface area (Å²) >= 11 is 0. The zero-order chi connectivity index (χ0) is 19.7. The van der Waals surface area contributed by atoms with E-state index in [1.165, 1.54) is 18.5 Å². The topological polar surface area (TPSA) is 49.6 Å². The Morgan fingerprint density at radius 1 is 1.25 bits per heavy atom. The monoisotopic (exact) mass is 385 g/mol. The highest BCUT2D eigenvalue weighted by Gasteiger charge is 2.36. The van der Waals surface area contributed by atoms with E-state index in [-0.39, 0.29) is 17.8 Å². The van der Waals surface area contributed by atoms with Gasteiger partial charge in [0, 0.05) is 38.1 Å². The molecule has 0 radical (unpaired) electrons. The van der Waals surface area contributed by atoms with Crippen LogP contribution in [0.4, 0.5) is 4.39 Å². The molecule has 1 aromatic carbocycles. The van der Waals surface area contributed by atoms with Crippen molar-refractivity contribution >= 4 is 5.91 Å². The van der Waals surface area contributed by atoms with Crippen molar-refractivity contribution in [1.82, 2.24) is 14.8 Å². The highest BCUT2D eigenvalue weighted by atomic mass is 19.1. The first-order valence-corrected chi connectivity index (χ1v) is 10.2. The van der Waals surface area contributed by atoms with Crippen LogP contribution in [0.25, 0.3) is 0 Å². The van der Waals surface area contributed by atoms with Crippen LogP contribution >= 0.6 is 0 Å². The van der Waals surface area contributed by atoms with E-state index in [0.29, 0.717) is 24.1 Å². The average molecular weight is 385 g/mol. The molecule has 0 bridgehead atoms. The molecule has 1 amide bonds. The number of rotatable bonds is 5. The van der Waals surface area contributed by atoms with E-state index in [0.717, 1.165) is 50.2 Å². The van der Waals surface area contributed by atoms with Crippen molar-refractivity contribution in [2.75, 3.05) is 19.6 Å². The minimum absolute atomic E-state index is 0.00932. The lowest BCUT2D eigenvalue weighted by atomic mass is 10.0. The molecule has 4 rings (SSSR count). The van der Waals surface area contributed by atoms with Crippen LogP contribution in [0.15, 0.2) is 35.1 Å². The summed E-state index contributed by atoms with van der Waals surface area (Å²) in [7, 11) is 0. The Balaban J connectivity index is 1.50. The van der Waals surface area contributed by atoms with Crippen LogP contribution in [0.1, 0.15) is 60.8 Å². The average Bonchev–Trinajstić information content (AvgIpc) is 3.44. The van der Waals surface area contributed by atoms with E-state index in [9.17, 15) is 9.18 Å². The first-order chi connectivity index (χ1) is 13.5. The molecule has 1 aromatic heterocycles. The van der Waals surface area contributed by atoms with Crippen LogP contribution in [0, 0.1) is 11.7 Å². The van der Waals surface area contributed by atoms with Crippen LogP contribution in [0.5, 0.6) is 0 Å². The molecule has 1 aliphatic carbocycles. The van der Waals surface area contributed by atoms with Gasteiger partial charge in [0.1, 0.15) is 11.6 Å². The number of carbonyl (C=O) groups is 1. The Bertz CT molecular complexity index is 813. The number of hydrogen-bond donors (Lipinski definition) is 0. The first-order valence-electron chi connectivity index (χ1n) is 10.2. The number of halogens is 1. The van der Waals surface area contributed by atoms with E-state index in [4.69, 9.17) is 4.42 Å². The summed E-state index contributed by atoms with van der Waals surface area (Å²) in [4.78, 5) is 21.8. The SMILES string of the molecule is CC(C)[C@@H]1CN(C(=O)c2ncoc2C2CC2)CCCN1Cc1ccc(F)cc1. The Labute approximate surface area is 165 Å². The molecule has 28 heavy (non-hydrogen) atoms. The van der Waals surface area contributed by atoms with E-state index < -0.39 is 0 Å². The molecule has 0 unspecified atom stereocenters. The van der Waals surface area contributed by atoms with Crippen LogP contribution in [-0.2, 0) is 6.54 Å². The summed E-state index contributed by atoms with van der Waals surface area (Å²) in [6.45, 7) is 7.47. The van der Waals surface area contributed by atoms with Crippen molar-refractivity contribution in [3.05, 3.63) is 53.5 Å². The van der Waals surface area contributed by atoms with Crippen molar-refractivity contribution < 1.29 is 13.6 Å². The fraction of sp³-hybridized carbons (Fsp3) is 0.545. The van der Waals surface area contributed by atoms with Gasteiger partial charge in [-0.15, -0.1) is 0 Å². The molecular formula is C22H28FN3O2. The van der Waals surface area contributed by atoms with Gasteiger partial charge in [0.05, 0.1) is 0 Å². The molecule has 5 nitrogen and oxygen atoms in total. The molecule has 1 saturated carbocycles. The van der Waals surface area contributed by atoms with Gasteiger partial charge in [-0.25, -0.2) is 9.37 Å². The predicted molar refractivity (Wildman–Crippen MR) is 104 cm³/mol. The van der Waals surface area contributed by atoms with E-state index >= 15 is 0 Å². The molecule has 150 valence electrons. The predicted octanol–water partition coefficient (Wildman–Crippen LogP) is 4.06. The summed E-state index contributed by atoms with van der Waals surface area (Å²) in [5.41, 5.74) is 1.59. The molecule has 1 saturated heterocycles. The smallest absolute Gasteiger partial charge is 0.276 e. The fourth-order valence-electron chi connectivity index (χ4n) is 4.10. The van der Waals surface area contributed by atoms with Gasteiger partial charge in [-0.3, -0.25) is 9.69 Å². The van der Waals surface area contributed by atoms with E-state index in [1.807, 2.05) is 17.0 Å². The molecule has 2 aromatic rings. The number of carbonyl (C=O) groups excluding carboxylic acids is 1. The molecular weight excluding hydrogens is 357 g/mol. The highest BCUT2D eigenvalue weighted by molar-refractivity contribution is 5.93. The molecule has 2 aliphatic rings. The Hall–Kier alpha value is -2.21. The number of amides is 1. The molecule has 0 spiro atoms. The maximum Gasteiger partial charge on any atom is 0.276 e. The summed E-state index contributed by atoms with van der Waals surface area (Å²) in [6.07, 6.45) is 4.47. The summed E-state index contributed by atoms with van der Waals surface area (Å²) < 4.78 is 18.7. The zero-order valence-electron chi connectivity index (χ0n) is 16.6. The number of benzene rings is 1. The lowest BCUT2D eigenvalue weighted by Gasteiger charge is -2.34. The minimum Gasteiger partial charge on any atom is -0.447 e. The molecule has 1 atom stereocenters. The Morgan fingerprint density at radius 3 is 2.68 bits per heavy atom. The van der Waals surface area contributed by atoms with E-state index in [1.54, 1.807) is 0 Å². The quantitative estimate of drug-likeness (QED) is 0.779. The first kappa shape index (κ1) is 19.1. The van der Waals surface area contributed by atoms with Crippen molar-refractivity contribution in [2.45, 2.75) is 51.6 Å². The number of nitrogens with zero attached hydrogens (tertiary/aromatic N) is 3. The van der Waals surface area contributed by atoms with Crippen molar-refractivity contribution in [3.63, 3.8) is 0 Å². The Kier molecular flexibility index (Phi) is 5.49. The molecule has 2 fully saturated rings. The van der Waals surface area contributed by atoms with Crippen molar-refractivity contribution in [3.8, 4) is 0 Å². The van der Waals surface area contributed by atoms with Gasteiger partial charge in [0.25, 0.3) is 5.91 Å². The molecule has 6 heteroatoms. The number of oxazole rings is 1. The number of hydrogen-bond acceptors (Lipinski definition) is 4. The largest absolute Gasteiger partial charge is 0.447 e.